The Morgan fingerprint density at radius 1 is 1.12 bits per heavy atom. The molecule has 0 radical (unpaired) electrons. The van der Waals surface area contributed by atoms with Gasteiger partial charge in [0.2, 0.25) is 0 Å². The largest absolute Gasteiger partial charge is 0.497 e. The van der Waals surface area contributed by atoms with Gasteiger partial charge in [0.1, 0.15) is 11.5 Å². The van der Waals surface area contributed by atoms with Gasteiger partial charge in [-0.1, -0.05) is 29.3 Å². The maximum atomic E-state index is 12.1. The fraction of sp³-hybridized carbons (Fsp3) is 0.316. The Labute approximate surface area is 168 Å². The number of carbonyl (C=O) groups excluding carboxylic acids is 1. The van der Waals surface area contributed by atoms with Crippen LogP contribution in [0.25, 0.3) is 0 Å². The Bertz CT molecular complexity index is 725. The molecule has 0 aliphatic rings. The first-order valence-corrected chi connectivity index (χ1v) is 10.0. The molecule has 0 spiro atoms. The van der Waals surface area contributed by atoms with Crippen molar-refractivity contribution >= 4 is 40.9 Å². The zero-order valence-electron chi connectivity index (χ0n) is 14.6. The fourth-order valence-electron chi connectivity index (χ4n) is 2.12. The van der Waals surface area contributed by atoms with E-state index in [2.05, 4.69) is 5.32 Å². The van der Waals surface area contributed by atoms with Gasteiger partial charge in [-0.05, 0) is 48.9 Å². The van der Waals surface area contributed by atoms with Crippen molar-refractivity contribution in [1.82, 2.24) is 5.32 Å². The minimum atomic E-state index is -0.566. The Morgan fingerprint density at radius 2 is 1.81 bits per heavy atom. The SMILES string of the molecule is COc1ccc(O[C@@H](C)C(=O)NCCSCc2ccc(Cl)c(Cl)c2)cc1. The summed E-state index contributed by atoms with van der Waals surface area (Å²) in [5, 5.41) is 3.99. The fourth-order valence-corrected chi connectivity index (χ4v) is 3.25. The van der Waals surface area contributed by atoms with Crippen LogP contribution in [0, 0.1) is 0 Å². The maximum Gasteiger partial charge on any atom is 0.260 e. The number of amides is 1. The third-order valence-corrected chi connectivity index (χ3v) is 5.31. The highest BCUT2D eigenvalue weighted by molar-refractivity contribution is 7.98. The van der Waals surface area contributed by atoms with Gasteiger partial charge >= 0.3 is 0 Å². The van der Waals surface area contributed by atoms with E-state index < -0.39 is 6.10 Å². The van der Waals surface area contributed by atoms with Crippen LogP contribution >= 0.6 is 35.0 Å². The quantitative estimate of drug-likeness (QED) is 0.598. The monoisotopic (exact) mass is 413 g/mol. The number of hydrogen-bond donors (Lipinski definition) is 1. The molecule has 0 aliphatic heterocycles. The minimum absolute atomic E-state index is 0.143. The molecule has 140 valence electrons. The number of ether oxygens (including phenoxy) is 2. The molecule has 0 fully saturated rings. The molecule has 1 atom stereocenters. The summed E-state index contributed by atoms with van der Waals surface area (Å²) in [6.45, 7) is 2.30. The van der Waals surface area contributed by atoms with E-state index >= 15 is 0 Å². The van der Waals surface area contributed by atoms with Gasteiger partial charge in [0.05, 0.1) is 17.2 Å². The normalized spacial score (nSPS) is 11.7. The Morgan fingerprint density at radius 3 is 2.46 bits per heavy atom. The number of carbonyl (C=O) groups is 1. The van der Waals surface area contributed by atoms with Gasteiger partial charge in [-0.25, -0.2) is 0 Å². The second-order valence-corrected chi connectivity index (χ2v) is 7.45. The van der Waals surface area contributed by atoms with Crippen molar-refractivity contribution in [2.75, 3.05) is 19.4 Å². The van der Waals surface area contributed by atoms with E-state index in [9.17, 15) is 4.79 Å². The molecule has 0 heterocycles. The van der Waals surface area contributed by atoms with Crippen molar-refractivity contribution in [2.45, 2.75) is 18.8 Å². The summed E-state index contributed by atoms with van der Waals surface area (Å²) in [7, 11) is 1.60. The van der Waals surface area contributed by atoms with Crippen molar-refractivity contribution in [3.05, 3.63) is 58.1 Å². The van der Waals surface area contributed by atoms with Crippen LogP contribution in [0.2, 0.25) is 10.0 Å². The van der Waals surface area contributed by atoms with Gasteiger partial charge in [0.15, 0.2) is 6.10 Å². The first-order valence-electron chi connectivity index (χ1n) is 8.09. The van der Waals surface area contributed by atoms with Crippen LogP contribution in [-0.2, 0) is 10.5 Å². The van der Waals surface area contributed by atoms with Gasteiger partial charge in [-0.3, -0.25) is 4.79 Å². The lowest BCUT2D eigenvalue weighted by atomic mass is 10.2. The Balaban J connectivity index is 1.66. The number of thioether (sulfide) groups is 1. The molecule has 0 saturated carbocycles. The number of halogens is 2. The van der Waals surface area contributed by atoms with Crippen molar-refractivity contribution in [3.8, 4) is 11.5 Å². The van der Waals surface area contributed by atoms with E-state index in [4.69, 9.17) is 32.7 Å². The van der Waals surface area contributed by atoms with E-state index in [0.29, 0.717) is 22.3 Å². The van der Waals surface area contributed by atoms with E-state index in [1.807, 2.05) is 12.1 Å². The Hall–Kier alpha value is -1.56. The van der Waals surface area contributed by atoms with E-state index in [-0.39, 0.29) is 5.91 Å². The molecular formula is C19H21Cl2NO3S. The molecule has 0 aliphatic carbocycles. The molecule has 0 unspecified atom stereocenters. The lowest BCUT2D eigenvalue weighted by Crippen LogP contribution is -2.37. The van der Waals surface area contributed by atoms with Crippen LogP contribution < -0.4 is 14.8 Å². The molecule has 26 heavy (non-hydrogen) atoms. The third kappa shape index (κ3) is 6.63. The molecule has 2 rings (SSSR count). The minimum Gasteiger partial charge on any atom is -0.497 e. The summed E-state index contributed by atoms with van der Waals surface area (Å²) >= 11 is 13.6. The average molecular weight is 414 g/mol. The lowest BCUT2D eigenvalue weighted by molar-refractivity contribution is -0.127. The molecule has 2 aromatic rings. The molecule has 1 amide bonds. The topological polar surface area (TPSA) is 47.6 Å². The highest BCUT2D eigenvalue weighted by Gasteiger charge is 2.14. The molecular weight excluding hydrogens is 393 g/mol. The second-order valence-electron chi connectivity index (χ2n) is 5.53. The van der Waals surface area contributed by atoms with E-state index in [0.717, 1.165) is 22.8 Å². The molecule has 1 N–H and O–H groups in total. The van der Waals surface area contributed by atoms with Crippen molar-refractivity contribution in [1.29, 1.82) is 0 Å². The smallest absolute Gasteiger partial charge is 0.260 e. The van der Waals surface area contributed by atoms with Gasteiger partial charge in [0.25, 0.3) is 5.91 Å². The summed E-state index contributed by atoms with van der Waals surface area (Å²) in [4.78, 5) is 12.1. The highest BCUT2D eigenvalue weighted by atomic mass is 35.5. The maximum absolute atomic E-state index is 12.1. The Kier molecular flexibility index (Phi) is 8.42. The molecule has 2 aromatic carbocycles. The molecule has 7 heteroatoms. The predicted molar refractivity (Wildman–Crippen MR) is 109 cm³/mol. The molecule has 4 nitrogen and oxygen atoms in total. The number of benzene rings is 2. The van der Waals surface area contributed by atoms with E-state index in [1.54, 1.807) is 56.1 Å². The van der Waals surface area contributed by atoms with Crippen LogP contribution in [0.1, 0.15) is 12.5 Å². The van der Waals surface area contributed by atoms with Gasteiger partial charge in [-0.2, -0.15) is 11.8 Å². The summed E-state index contributed by atoms with van der Waals surface area (Å²) in [6.07, 6.45) is -0.566. The van der Waals surface area contributed by atoms with E-state index in [1.165, 1.54) is 0 Å². The van der Waals surface area contributed by atoms with Crippen LogP contribution in [0.4, 0.5) is 0 Å². The number of hydrogen-bond acceptors (Lipinski definition) is 4. The van der Waals surface area contributed by atoms with Crippen LogP contribution in [0.15, 0.2) is 42.5 Å². The number of methoxy groups -OCH3 is 1. The second kappa shape index (κ2) is 10.6. The average Bonchev–Trinajstić information content (AvgIpc) is 2.64. The first-order chi connectivity index (χ1) is 12.5. The molecule has 0 aromatic heterocycles. The molecule has 0 bridgehead atoms. The van der Waals surface area contributed by atoms with Gasteiger partial charge in [0, 0.05) is 18.1 Å². The lowest BCUT2D eigenvalue weighted by Gasteiger charge is -2.15. The van der Waals surface area contributed by atoms with Crippen LogP contribution in [-0.4, -0.2) is 31.4 Å². The zero-order chi connectivity index (χ0) is 18.9. The summed E-state index contributed by atoms with van der Waals surface area (Å²) < 4.78 is 10.7. The third-order valence-electron chi connectivity index (χ3n) is 3.54. The van der Waals surface area contributed by atoms with Crippen molar-refractivity contribution < 1.29 is 14.3 Å². The predicted octanol–water partition coefficient (Wildman–Crippen LogP) is 4.82. The standard InChI is InChI=1S/C19H21Cl2NO3S/c1-13(25-16-6-4-15(24-2)5-7-16)19(23)22-9-10-26-12-14-3-8-17(20)18(21)11-14/h3-8,11,13H,9-10,12H2,1-2H3,(H,22,23)/t13-/m0/s1. The van der Waals surface area contributed by atoms with Gasteiger partial charge in [-0.15, -0.1) is 0 Å². The summed E-state index contributed by atoms with van der Waals surface area (Å²) in [6, 6.07) is 12.7. The van der Waals surface area contributed by atoms with Crippen molar-refractivity contribution in [3.63, 3.8) is 0 Å². The highest BCUT2D eigenvalue weighted by Crippen LogP contribution is 2.24. The van der Waals surface area contributed by atoms with Crippen LogP contribution in [0.3, 0.4) is 0 Å². The van der Waals surface area contributed by atoms with Crippen LogP contribution in [0.5, 0.6) is 11.5 Å². The van der Waals surface area contributed by atoms with Crippen molar-refractivity contribution in [2.24, 2.45) is 0 Å². The number of rotatable bonds is 9. The summed E-state index contributed by atoms with van der Waals surface area (Å²) in [5.41, 5.74) is 1.10. The van der Waals surface area contributed by atoms with Gasteiger partial charge < -0.3 is 14.8 Å². The first kappa shape index (κ1) is 20.7. The number of nitrogens with one attached hydrogen (secondary N) is 1. The zero-order valence-corrected chi connectivity index (χ0v) is 17.0. The summed E-state index contributed by atoms with van der Waals surface area (Å²) in [5.74, 6) is 2.83. The molecule has 0 saturated heterocycles.